The largest absolute Gasteiger partial charge is 0.416 e. The molecule has 0 aliphatic rings. The lowest BCUT2D eigenvalue weighted by Gasteiger charge is -2.07. The van der Waals surface area contributed by atoms with E-state index in [4.69, 9.17) is 0 Å². The van der Waals surface area contributed by atoms with Crippen molar-refractivity contribution >= 4 is 22.2 Å². The van der Waals surface area contributed by atoms with Gasteiger partial charge in [-0.15, -0.1) is 10.2 Å². The van der Waals surface area contributed by atoms with Crippen molar-refractivity contribution in [2.75, 3.05) is 5.32 Å². The quantitative estimate of drug-likeness (QED) is 0.674. The van der Waals surface area contributed by atoms with Gasteiger partial charge in [0.2, 0.25) is 5.13 Å². The Morgan fingerprint density at radius 1 is 0.870 bits per heavy atom. The molecule has 0 bridgehead atoms. The fourth-order valence-corrected chi connectivity index (χ4v) is 2.62. The van der Waals surface area contributed by atoms with Crippen LogP contribution >= 0.6 is 11.3 Å². The van der Waals surface area contributed by atoms with E-state index in [1.807, 2.05) is 0 Å². The second-order valence-corrected chi connectivity index (χ2v) is 5.60. The molecule has 118 valence electrons. The number of anilines is 2. The lowest BCUT2D eigenvalue weighted by atomic mass is 10.2. The van der Waals surface area contributed by atoms with Gasteiger partial charge in [0.1, 0.15) is 10.8 Å². The highest BCUT2D eigenvalue weighted by Crippen LogP contribution is 2.31. The number of nitrogens with one attached hydrogen (secondary N) is 1. The second-order valence-electron chi connectivity index (χ2n) is 4.62. The molecule has 0 aliphatic heterocycles. The van der Waals surface area contributed by atoms with Crippen LogP contribution in [-0.2, 0) is 6.18 Å². The van der Waals surface area contributed by atoms with Crippen LogP contribution in [0.1, 0.15) is 5.56 Å². The number of aromatic nitrogens is 2. The average molecular weight is 339 g/mol. The first-order valence-electron chi connectivity index (χ1n) is 6.45. The lowest BCUT2D eigenvalue weighted by Crippen LogP contribution is -2.04. The molecule has 0 atom stereocenters. The van der Waals surface area contributed by atoms with Gasteiger partial charge < -0.3 is 5.32 Å². The minimum Gasteiger partial charge on any atom is -0.330 e. The lowest BCUT2D eigenvalue weighted by molar-refractivity contribution is -0.137. The van der Waals surface area contributed by atoms with Crippen molar-refractivity contribution in [3.05, 3.63) is 59.9 Å². The van der Waals surface area contributed by atoms with E-state index in [9.17, 15) is 17.6 Å². The van der Waals surface area contributed by atoms with Crippen LogP contribution in [0.15, 0.2) is 48.5 Å². The van der Waals surface area contributed by atoms with Gasteiger partial charge in [0.15, 0.2) is 0 Å². The maximum absolute atomic E-state index is 12.9. The molecule has 0 fully saturated rings. The minimum atomic E-state index is -4.36. The summed E-state index contributed by atoms with van der Waals surface area (Å²) in [5.41, 5.74) is 0.469. The Balaban J connectivity index is 1.75. The molecule has 3 rings (SSSR count). The molecule has 0 saturated heterocycles. The number of rotatable bonds is 3. The Hall–Kier alpha value is -2.48. The highest BCUT2D eigenvalue weighted by molar-refractivity contribution is 7.18. The summed E-state index contributed by atoms with van der Waals surface area (Å²) in [6.07, 6.45) is -4.36. The van der Waals surface area contributed by atoms with Gasteiger partial charge in [0.25, 0.3) is 0 Å². The third kappa shape index (κ3) is 3.65. The van der Waals surface area contributed by atoms with Crippen LogP contribution in [-0.4, -0.2) is 10.2 Å². The number of hydrogen-bond donors (Lipinski definition) is 1. The maximum Gasteiger partial charge on any atom is 0.416 e. The molecule has 2 aromatic carbocycles. The van der Waals surface area contributed by atoms with Gasteiger partial charge in [-0.25, -0.2) is 4.39 Å². The molecule has 3 aromatic rings. The summed E-state index contributed by atoms with van der Waals surface area (Å²) in [5, 5.41) is 11.8. The Labute approximate surface area is 132 Å². The van der Waals surface area contributed by atoms with Crippen molar-refractivity contribution in [2.24, 2.45) is 0 Å². The van der Waals surface area contributed by atoms with Gasteiger partial charge in [-0.3, -0.25) is 0 Å². The first kappa shape index (κ1) is 15.4. The van der Waals surface area contributed by atoms with Crippen molar-refractivity contribution in [1.29, 1.82) is 0 Å². The normalized spacial score (nSPS) is 11.5. The zero-order valence-electron chi connectivity index (χ0n) is 11.4. The first-order valence-corrected chi connectivity index (χ1v) is 7.27. The smallest absolute Gasteiger partial charge is 0.330 e. The van der Waals surface area contributed by atoms with Crippen molar-refractivity contribution in [3.63, 3.8) is 0 Å². The molecule has 1 N–H and O–H groups in total. The van der Waals surface area contributed by atoms with E-state index in [0.29, 0.717) is 21.4 Å². The number of benzene rings is 2. The summed E-state index contributed by atoms with van der Waals surface area (Å²) in [7, 11) is 0. The molecule has 0 radical (unpaired) electrons. The van der Waals surface area contributed by atoms with Gasteiger partial charge in [0, 0.05) is 11.3 Å². The molecule has 0 amide bonds. The molecule has 0 unspecified atom stereocenters. The van der Waals surface area contributed by atoms with Gasteiger partial charge >= 0.3 is 6.18 Å². The Morgan fingerprint density at radius 2 is 1.52 bits per heavy atom. The monoisotopic (exact) mass is 339 g/mol. The third-order valence-corrected chi connectivity index (χ3v) is 3.87. The summed E-state index contributed by atoms with van der Waals surface area (Å²) in [5.74, 6) is -0.346. The van der Waals surface area contributed by atoms with Crippen molar-refractivity contribution < 1.29 is 17.6 Å². The predicted octanol–water partition coefficient (Wildman–Crippen LogP) is 5.11. The fraction of sp³-hybridized carbons (Fsp3) is 0.0667. The number of alkyl halides is 3. The van der Waals surface area contributed by atoms with Crippen LogP contribution in [0.2, 0.25) is 0 Å². The molecule has 3 nitrogen and oxygen atoms in total. The van der Waals surface area contributed by atoms with E-state index < -0.39 is 11.7 Å². The summed E-state index contributed by atoms with van der Waals surface area (Å²) < 4.78 is 50.4. The van der Waals surface area contributed by atoms with Crippen LogP contribution in [0.25, 0.3) is 10.6 Å². The number of nitrogens with zero attached hydrogens (tertiary/aromatic N) is 2. The predicted molar refractivity (Wildman–Crippen MR) is 80.0 cm³/mol. The van der Waals surface area contributed by atoms with Crippen LogP contribution in [0.4, 0.5) is 28.4 Å². The Kier molecular flexibility index (Phi) is 3.99. The van der Waals surface area contributed by atoms with E-state index in [1.54, 1.807) is 12.1 Å². The van der Waals surface area contributed by atoms with E-state index in [0.717, 1.165) is 12.1 Å². The average Bonchev–Trinajstić information content (AvgIpc) is 2.96. The minimum absolute atomic E-state index is 0.346. The second kappa shape index (κ2) is 5.96. The highest BCUT2D eigenvalue weighted by Gasteiger charge is 2.29. The molecule has 1 aromatic heterocycles. The first-order chi connectivity index (χ1) is 10.9. The molecule has 8 heteroatoms. The summed E-state index contributed by atoms with van der Waals surface area (Å²) in [4.78, 5) is 0. The maximum atomic E-state index is 12.9. The molecular weight excluding hydrogens is 330 g/mol. The fourth-order valence-electron chi connectivity index (χ4n) is 1.85. The van der Waals surface area contributed by atoms with Gasteiger partial charge in [0.05, 0.1) is 5.56 Å². The van der Waals surface area contributed by atoms with E-state index >= 15 is 0 Å². The van der Waals surface area contributed by atoms with Crippen molar-refractivity contribution in [2.45, 2.75) is 6.18 Å². The highest BCUT2D eigenvalue weighted by atomic mass is 32.1. The van der Waals surface area contributed by atoms with Crippen LogP contribution < -0.4 is 5.32 Å². The standard InChI is InChI=1S/C15H9F4N3S/c16-11-5-1-9(2-6-11)13-21-22-14(23-13)20-12-7-3-10(4-8-12)15(17,18)19/h1-8H,(H,20,22). The van der Waals surface area contributed by atoms with E-state index in [2.05, 4.69) is 15.5 Å². The van der Waals surface area contributed by atoms with Gasteiger partial charge in [-0.2, -0.15) is 13.2 Å². The molecule has 0 spiro atoms. The Morgan fingerprint density at radius 3 is 2.13 bits per heavy atom. The van der Waals surface area contributed by atoms with Crippen molar-refractivity contribution in [1.82, 2.24) is 10.2 Å². The van der Waals surface area contributed by atoms with Gasteiger partial charge in [-0.1, -0.05) is 11.3 Å². The molecule has 1 heterocycles. The zero-order valence-corrected chi connectivity index (χ0v) is 12.2. The topological polar surface area (TPSA) is 37.8 Å². The van der Waals surface area contributed by atoms with E-state index in [1.165, 1.54) is 35.6 Å². The zero-order chi connectivity index (χ0) is 16.4. The van der Waals surface area contributed by atoms with E-state index in [-0.39, 0.29) is 5.82 Å². The number of hydrogen-bond acceptors (Lipinski definition) is 4. The summed E-state index contributed by atoms with van der Waals surface area (Å²) in [6.45, 7) is 0. The summed E-state index contributed by atoms with van der Waals surface area (Å²) >= 11 is 1.22. The van der Waals surface area contributed by atoms with Crippen molar-refractivity contribution in [3.8, 4) is 10.6 Å². The Bertz CT molecular complexity index is 795. The molecular formula is C15H9F4N3S. The van der Waals surface area contributed by atoms with Crippen LogP contribution in [0, 0.1) is 5.82 Å². The SMILES string of the molecule is Fc1ccc(-c2nnc(Nc3ccc(C(F)(F)F)cc3)s2)cc1. The summed E-state index contributed by atoms with van der Waals surface area (Å²) in [6, 6.07) is 10.4. The number of halogens is 4. The molecule has 0 aliphatic carbocycles. The van der Waals surface area contributed by atoms with Crippen LogP contribution in [0.5, 0.6) is 0 Å². The van der Waals surface area contributed by atoms with Gasteiger partial charge in [-0.05, 0) is 48.5 Å². The molecule has 0 saturated carbocycles. The van der Waals surface area contributed by atoms with Crippen LogP contribution in [0.3, 0.4) is 0 Å². The third-order valence-electron chi connectivity index (χ3n) is 2.98. The molecule has 23 heavy (non-hydrogen) atoms.